The third kappa shape index (κ3) is 5.07. The van der Waals surface area contributed by atoms with Gasteiger partial charge in [-0.05, 0) is 13.0 Å². The third-order valence-electron chi connectivity index (χ3n) is 1.80. The zero-order valence-electron chi connectivity index (χ0n) is 9.61. The van der Waals surface area contributed by atoms with Gasteiger partial charge in [-0.25, -0.2) is 0 Å². The maximum absolute atomic E-state index is 5.32. The molecule has 0 saturated heterocycles. The summed E-state index contributed by atoms with van der Waals surface area (Å²) in [6, 6.07) is 5.75. The lowest BCUT2D eigenvalue weighted by Crippen LogP contribution is -2.06. The van der Waals surface area contributed by atoms with Gasteiger partial charge in [0, 0.05) is 24.1 Å². The average molecular weight is 238 g/mol. The second-order valence-corrected chi connectivity index (χ2v) is 4.23. The molecule has 0 fully saturated rings. The Hall–Kier alpha value is -1.16. The van der Waals surface area contributed by atoms with Gasteiger partial charge >= 0.3 is 0 Å². The largest absolute Gasteiger partial charge is 0.478 e. The first-order chi connectivity index (χ1) is 7.86. The Morgan fingerprint density at radius 2 is 2.44 bits per heavy atom. The normalized spacial score (nSPS) is 9.81. The molecule has 0 saturated carbocycles. The van der Waals surface area contributed by atoms with Crippen LogP contribution in [0.3, 0.4) is 0 Å². The molecule has 1 aromatic heterocycles. The van der Waals surface area contributed by atoms with Crippen LogP contribution < -0.4 is 10.1 Å². The van der Waals surface area contributed by atoms with Crippen LogP contribution in [-0.4, -0.2) is 29.6 Å². The molecule has 1 heterocycles. The molecule has 0 aliphatic heterocycles. The van der Waals surface area contributed by atoms with E-state index in [2.05, 4.69) is 16.9 Å². The van der Waals surface area contributed by atoms with Crippen molar-refractivity contribution in [1.29, 1.82) is 0 Å². The van der Waals surface area contributed by atoms with E-state index in [0.29, 0.717) is 12.5 Å². The average Bonchev–Trinajstić information content (AvgIpc) is 2.30. The van der Waals surface area contributed by atoms with Crippen molar-refractivity contribution in [2.75, 3.05) is 30.0 Å². The highest BCUT2D eigenvalue weighted by Gasteiger charge is 1.96. The number of pyridine rings is 1. The van der Waals surface area contributed by atoms with Crippen molar-refractivity contribution >= 4 is 17.6 Å². The zero-order chi connectivity index (χ0) is 11.6. The van der Waals surface area contributed by atoms with E-state index in [0.717, 1.165) is 23.9 Å². The number of nitrogens with zero attached hydrogens (tertiary/aromatic N) is 1. The molecular formula is C12H18N2OS. The summed E-state index contributed by atoms with van der Waals surface area (Å²) in [6.07, 6.45) is 1.92. The molecule has 0 aliphatic rings. The zero-order valence-corrected chi connectivity index (χ0v) is 10.4. The summed E-state index contributed by atoms with van der Waals surface area (Å²) >= 11 is 1.85. The fourth-order valence-electron chi connectivity index (χ4n) is 1.16. The quantitative estimate of drug-likeness (QED) is 0.558. The van der Waals surface area contributed by atoms with Gasteiger partial charge in [0.1, 0.15) is 5.82 Å². The SMILES string of the molecule is C=CCSCCNc1cccc(OCC)n1. The molecule has 16 heavy (non-hydrogen) atoms. The molecule has 0 unspecified atom stereocenters. The highest BCUT2D eigenvalue weighted by molar-refractivity contribution is 7.99. The molecule has 1 rings (SSSR count). The first-order valence-electron chi connectivity index (χ1n) is 5.39. The first-order valence-corrected chi connectivity index (χ1v) is 6.54. The van der Waals surface area contributed by atoms with Gasteiger partial charge in [-0.15, -0.1) is 6.58 Å². The van der Waals surface area contributed by atoms with Crippen molar-refractivity contribution in [2.24, 2.45) is 0 Å². The van der Waals surface area contributed by atoms with Crippen LogP contribution in [0.5, 0.6) is 5.88 Å². The first kappa shape index (κ1) is 12.9. The van der Waals surface area contributed by atoms with Gasteiger partial charge in [0.2, 0.25) is 5.88 Å². The number of aromatic nitrogens is 1. The van der Waals surface area contributed by atoms with Crippen molar-refractivity contribution in [3.8, 4) is 5.88 Å². The molecule has 0 bridgehead atoms. The molecule has 1 N–H and O–H groups in total. The Balaban J connectivity index is 2.30. The minimum absolute atomic E-state index is 0.644. The lowest BCUT2D eigenvalue weighted by molar-refractivity contribution is 0.327. The Morgan fingerprint density at radius 3 is 3.19 bits per heavy atom. The van der Waals surface area contributed by atoms with Crippen LogP contribution >= 0.6 is 11.8 Å². The van der Waals surface area contributed by atoms with E-state index in [9.17, 15) is 0 Å². The predicted molar refractivity (Wildman–Crippen MR) is 71.4 cm³/mol. The number of thioether (sulfide) groups is 1. The summed E-state index contributed by atoms with van der Waals surface area (Å²) in [4.78, 5) is 4.32. The van der Waals surface area contributed by atoms with Crippen LogP contribution in [0.15, 0.2) is 30.9 Å². The molecular weight excluding hydrogens is 220 g/mol. The van der Waals surface area contributed by atoms with Crippen molar-refractivity contribution in [2.45, 2.75) is 6.92 Å². The van der Waals surface area contributed by atoms with Crippen molar-refractivity contribution in [1.82, 2.24) is 4.98 Å². The van der Waals surface area contributed by atoms with Crippen LogP contribution in [-0.2, 0) is 0 Å². The number of ether oxygens (including phenoxy) is 1. The van der Waals surface area contributed by atoms with E-state index in [4.69, 9.17) is 4.74 Å². The number of nitrogens with one attached hydrogen (secondary N) is 1. The molecule has 0 amide bonds. The van der Waals surface area contributed by atoms with E-state index in [1.165, 1.54) is 0 Å². The topological polar surface area (TPSA) is 34.1 Å². The summed E-state index contributed by atoms with van der Waals surface area (Å²) in [5, 5.41) is 3.26. The van der Waals surface area contributed by atoms with E-state index >= 15 is 0 Å². The van der Waals surface area contributed by atoms with Crippen molar-refractivity contribution in [3.05, 3.63) is 30.9 Å². The molecule has 0 aliphatic carbocycles. The second kappa shape index (κ2) is 8.05. The number of hydrogen-bond acceptors (Lipinski definition) is 4. The summed E-state index contributed by atoms with van der Waals surface area (Å²) < 4.78 is 5.32. The third-order valence-corrected chi connectivity index (χ3v) is 2.77. The van der Waals surface area contributed by atoms with Crippen LogP contribution in [0.2, 0.25) is 0 Å². The van der Waals surface area contributed by atoms with E-state index < -0.39 is 0 Å². The molecule has 0 atom stereocenters. The maximum Gasteiger partial charge on any atom is 0.215 e. The second-order valence-electron chi connectivity index (χ2n) is 3.08. The minimum Gasteiger partial charge on any atom is -0.478 e. The van der Waals surface area contributed by atoms with E-state index in [1.807, 2.05) is 43.0 Å². The van der Waals surface area contributed by atoms with Gasteiger partial charge in [0.15, 0.2) is 0 Å². The van der Waals surface area contributed by atoms with E-state index in [-0.39, 0.29) is 0 Å². The number of anilines is 1. The lowest BCUT2D eigenvalue weighted by atomic mass is 10.4. The Kier molecular flexibility index (Phi) is 6.49. The fourth-order valence-corrected chi connectivity index (χ4v) is 1.74. The van der Waals surface area contributed by atoms with Gasteiger partial charge in [0.25, 0.3) is 0 Å². The molecule has 4 heteroatoms. The van der Waals surface area contributed by atoms with Gasteiger partial charge in [-0.2, -0.15) is 16.7 Å². The van der Waals surface area contributed by atoms with Gasteiger partial charge in [-0.1, -0.05) is 12.1 Å². The molecule has 3 nitrogen and oxygen atoms in total. The molecule has 1 aromatic rings. The molecule has 0 radical (unpaired) electrons. The minimum atomic E-state index is 0.644. The highest BCUT2D eigenvalue weighted by Crippen LogP contribution is 2.11. The summed E-state index contributed by atoms with van der Waals surface area (Å²) in [5.41, 5.74) is 0. The van der Waals surface area contributed by atoms with Crippen LogP contribution in [0, 0.1) is 0 Å². The van der Waals surface area contributed by atoms with Gasteiger partial charge < -0.3 is 10.1 Å². The molecule has 88 valence electrons. The summed E-state index contributed by atoms with van der Waals surface area (Å²) in [5.74, 6) is 3.58. The molecule has 0 aromatic carbocycles. The lowest BCUT2D eigenvalue weighted by Gasteiger charge is -2.07. The Labute approximate surface area is 101 Å². The highest BCUT2D eigenvalue weighted by atomic mass is 32.2. The monoisotopic (exact) mass is 238 g/mol. The fraction of sp³-hybridized carbons (Fsp3) is 0.417. The molecule has 0 spiro atoms. The standard InChI is InChI=1S/C12H18N2OS/c1-3-9-16-10-8-13-11-6-5-7-12(14-11)15-4-2/h3,5-7H,1,4,8-10H2,2H3,(H,13,14). The number of rotatable bonds is 8. The number of hydrogen-bond donors (Lipinski definition) is 1. The Morgan fingerprint density at radius 1 is 1.56 bits per heavy atom. The maximum atomic E-state index is 5.32. The van der Waals surface area contributed by atoms with Crippen LogP contribution in [0.25, 0.3) is 0 Å². The van der Waals surface area contributed by atoms with Crippen LogP contribution in [0.1, 0.15) is 6.92 Å². The summed E-state index contributed by atoms with van der Waals surface area (Å²) in [7, 11) is 0. The smallest absolute Gasteiger partial charge is 0.215 e. The van der Waals surface area contributed by atoms with Crippen LogP contribution in [0.4, 0.5) is 5.82 Å². The van der Waals surface area contributed by atoms with E-state index in [1.54, 1.807) is 0 Å². The van der Waals surface area contributed by atoms with Crippen molar-refractivity contribution in [3.63, 3.8) is 0 Å². The van der Waals surface area contributed by atoms with Gasteiger partial charge in [0.05, 0.1) is 6.61 Å². The van der Waals surface area contributed by atoms with Gasteiger partial charge in [-0.3, -0.25) is 0 Å². The predicted octanol–water partition coefficient (Wildman–Crippen LogP) is 2.81. The van der Waals surface area contributed by atoms with Crippen molar-refractivity contribution < 1.29 is 4.74 Å². The Bertz CT molecular complexity index is 318. The summed E-state index contributed by atoms with van der Waals surface area (Å²) in [6.45, 7) is 7.18.